The Morgan fingerprint density at radius 2 is 1.95 bits per heavy atom. The molecule has 1 aromatic rings. The van der Waals surface area contributed by atoms with Crippen LogP contribution in [-0.2, 0) is 6.42 Å². The molecule has 116 valence electrons. The van der Waals surface area contributed by atoms with Gasteiger partial charge in [0.2, 0.25) is 0 Å². The number of hydrogen-bond acceptors (Lipinski definition) is 2. The van der Waals surface area contributed by atoms with Gasteiger partial charge < -0.3 is 5.32 Å². The maximum Gasteiger partial charge on any atom is 0.0249 e. The molecule has 2 unspecified atom stereocenters. The van der Waals surface area contributed by atoms with E-state index in [9.17, 15) is 0 Å². The fourth-order valence-electron chi connectivity index (χ4n) is 4.06. The standard InChI is InChI=1S/C19H30N2/c1-15(2)18-13-20-17(12-16-8-5-4-6-9-16)14-21(18)19(3)10-7-11-19/h4-6,8-9,15,17-18,20H,7,10-14H2,1-3H3. The maximum absolute atomic E-state index is 3.81. The fraction of sp³-hybridized carbons (Fsp3) is 0.684. The molecule has 0 bridgehead atoms. The minimum atomic E-state index is 0.464. The molecule has 1 aliphatic heterocycles. The SMILES string of the molecule is CC(C)C1CNC(Cc2ccccc2)CN1C1(C)CCC1. The molecule has 2 atom stereocenters. The van der Waals surface area contributed by atoms with Crippen molar-refractivity contribution >= 4 is 0 Å². The van der Waals surface area contributed by atoms with E-state index in [-0.39, 0.29) is 0 Å². The smallest absolute Gasteiger partial charge is 0.0249 e. The van der Waals surface area contributed by atoms with Gasteiger partial charge in [-0.15, -0.1) is 0 Å². The van der Waals surface area contributed by atoms with Crippen LogP contribution in [0.4, 0.5) is 0 Å². The summed E-state index contributed by atoms with van der Waals surface area (Å²) in [6, 6.07) is 12.2. The monoisotopic (exact) mass is 286 g/mol. The summed E-state index contributed by atoms with van der Waals surface area (Å²) in [5.74, 6) is 0.729. The lowest BCUT2D eigenvalue weighted by molar-refractivity contribution is -0.0426. The molecule has 21 heavy (non-hydrogen) atoms. The molecule has 1 saturated heterocycles. The molecule has 0 radical (unpaired) electrons. The van der Waals surface area contributed by atoms with Gasteiger partial charge >= 0.3 is 0 Å². The molecule has 1 heterocycles. The predicted octanol–water partition coefficient (Wildman–Crippen LogP) is 3.47. The van der Waals surface area contributed by atoms with Gasteiger partial charge in [-0.25, -0.2) is 0 Å². The van der Waals surface area contributed by atoms with E-state index in [2.05, 4.69) is 61.3 Å². The minimum absolute atomic E-state index is 0.464. The number of hydrogen-bond donors (Lipinski definition) is 1. The zero-order valence-electron chi connectivity index (χ0n) is 13.8. The first-order valence-electron chi connectivity index (χ1n) is 8.62. The van der Waals surface area contributed by atoms with Crippen LogP contribution in [0.15, 0.2) is 30.3 Å². The van der Waals surface area contributed by atoms with Crippen molar-refractivity contribution in [1.82, 2.24) is 10.2 Å². The van der Waals surface area contributed by atoms with Crippen molar-refractivity contribution < 1.29 is 0 Å². The molecule has 2 heteroatoms. The average molecular weight is 286 g/mol. The third-order valence-electron chi connectivity index (χ3n) is 5.65. The van der Waals surface area contributed by atoms with E-state index in [1.807, 2.05) is 0 Å². The van der Waals surface area contributed by atoms with Gasteiger partial charge in [-0.2, -0.15) is 0 Å². The van der Waals surface area contributed by atoms with Crippen LogP contribution < -0.4 is 5.32 Å². The summed E-state index contributed by atoms with van der Waals surface area (Å²) in [4.78, 5) is 2.84. The summed E-state index contributed by atoms with van der Waals surface area (Å²) in [6.07, 6.45) is 5.33. The molecule has 0 spiro atoms. The molecule has 3 rings (SSSR count). The molecular formula is C19H30N2. The van der Waals surface area contributed by atoms with Crippen molar-refractivity contribution in [3.05, 3.63) is 35.9 Å². The Morgan fingerprint density at radius 1 is 1.24 bits per heavy atom. The lowest BCUT2D eigenvalue weighted by Gasteiger charge is -2.56. The summed E-state index contributed by atoms with van der Waals surface area (Å²) in [6.45, 7) is 9.58. The molecule has 2 nitrogen and oxygen atoms in total. The maximum atomic E-state index is 3.81. The summed E-state index contributed by atoms with van der Waals surface area (Å²) in [7, 11) is 0. The van der Waals surface area contributed by atoms with Crippen molar-refractivity contribution in [2.24, 2.45) is 5.92 Å². The topological polar surface area (TPSA) is 15.3 Å². The minimum Gasteiger partial charge on any atom is -0.311 e. The first-order chi connectivity index (χ1) is 10.1. The molecular weight excluding hydrogens is 256 g/mol. The second-order valence-corrected chi connectivity index (χ2v) is 7.61. The van der Waals surface area contributed by atoms with Gasteiger partial charge in [0.15, 0.2) is 0 Å². The van der Waals surface area contributed by atoms with Crippen LogP contribution in [0, 0.1) is 5.92 Å². The van der Waals surface area contributed by atoms with Gasteiger partial charge in [0.25, 0.3) is 0 Å². The largest absolute Gasteiger partial charge is 0.311 e. The molecule has 1 aliphatic carbocycles. The number of rotatable bonds is 4. The Bertz CT molecular complexity index is 450. The number of nitrogens with zero attached hydrogens (tertiary/aromatic N) is 1. The molecule has 1 N–H and O–H groups in total. The highest BCUT2D eigenvalue weighted by molar-refractivity contribution is 5.16. The van der Waals surface area contributed by atoms with Crippen molar-refractivity contribution in [1.29, 1.82) is 0 Å². The van der Waals surface area contributed by atoms with Crippen molar-refractivity contribution in [2.45, 2.75) is 64.1 Å². The van der Waals surface area contributed by atoms with E-state index in [4.69, 9.17) is 0 Å². The summed E-state index contributed by atoms with van der Waals surface area (Å²) in [5.41, 5.74) is 1.92. The van der Waals surface area contributed by atoms with Gasteiger partial charge in [-0.1, -0.05) is 44.2 Å². The summed E-state index contributed by atoms with van der Waals surface area (Å²) < 4.78 is 0. The molecule has 0 aromatic heterocycles. The van der Waals surface area contributed by atoms with Gasteiger partial charge in [0, 0.05) is 30.7 Å². The molecule has 2 aliphatic rings. The lowest BCUT2D eigenvalue weighted by atomic mass is 9.74. The third-order valence-corrected chi connectivity index (χ3v) is 5.65. The van der Waals surface area contributed by atoms with E-state index in [0.29, 0.717) is 17.6 Å². The van der Waals surface area contributed by atoms with Crippen LogP contribution in [0.25, 0.3) is 0 Å². The highest BCUT2D eigenvalue weighted by Gasteiger charge is 2.44. The van der Waals surface area contributed by atoms with Crippen LogP contribution in [0.2, 0.25) is 0 Å². The van der Waals surface area contributed by atoms with E-state index >= 15 is 0 Å². The second-order valence-electron chi connectivity index (χ2n) is 7.61. The molecule has 1 aromatic carbocycles. The Kier molecular flexibility index (Phi) is 4.37. The Balaban J connectivity index is 1.69. The van der Waals surface area contributed by atoms with Crippen LogP contribution in [-0.4, -0.2) is 35.6 Å². The summed E-state index contributed by atoms with van der Waals surface area (Å²) in [5, 5.41) is 3.81. The quantitative estimate of drug-likeness (QED) is 0.912. The van der Waals surface area contributed by atoms with Crippen molar-refractivity contribution in [2.75, 3.05) is 13.1 Å². The van der Waals surface area contributed by atoms with Crippen molar-refractivity contribution in [3.8, 4) is 0 Å². The van der Waals surface area contributed by atoms with Crippen molar-refractivity contribution in [3.63, 3.8) is 0 Å². The van der Waals surface area contributed by atoms with Gasteiger partial charge in [-0.05, 0) is 44.1 Å². The van der Waals surface area contributed by atoms with Crippen LogP contribution in [0.1, 0.15) is 45.6 Å². The van der Waals surface area contributed by atoms with Crippen LogP contribution >= 0.6 is 0 Å². The van der Waals surface area contributed by atoms with Crippen LogP contribution in [0.5, 0.6) is 0 Å². The first-order valence-corrected chi connectivity index (χ1v) is 8.62. The number of piperazine rings is 1. The zero-order valence-corrected chi connectivity index (χ0v) is 13.8. The average Bonchev–Trinajstić information content (AvgIpc) is 2.45. The Hall–Kier alpha value is -0.860. The Morgan fingerprint density at radius 3 is 2.52 bits per heavy atom. The molecule has 0 amide bonds. The molecule has 2 fully saturated rings. The predicted molar refractivity (Wildman–Crippen MR) is 89.5 cm³/mol. The third kappa shape index (κ3) is 3.17. The van der Waals surface area contributed by atoms with Gasteiger partial charge in [0.1, 0.15) is 0 Å². The fourth-order valence-corrected chi connectivity index (χ4v) is 4.06. The lowest BCUT2D eigenvalue weighted by Crippen LogP contribution is -2.67. The van der Waals surface area contributed by atoms with E-state index in [1.165, 1.54) is 31.4 Å². The number of benzene rings is 1. The Labute approximate surface area is 129 Å². The van der Waals surface area contributed by atoms with Gasteiger partial charge in [0.05, 0.1) is 0 Å². The highest BCUT2D eigenvalue weighted by atomic mass is 15.3. The number of nitrogens with one attached hydrogen (secondary N) is 1. The normalized spacial score (nSPS) is 29.3. The van der Waals surface area contributed by atoms with E-state index in [0.717, 1.165) is 18.9 Å². The highest BCUT2D eigenvalue weighted by Crippen LogP contribution is 2.40. The van der Waals surface area contributed by atoms with E-state index < -0.39 is 0 Å². The van der Waals surface area contributed by atoms with E-state index in [1.54, 1.807) is 0 Å². The zero-order chi connectivity index (χ0) is 14.9. The summed E-state index contributed by atoms with van der Waals surface area (Å²) >= 11 is 0. The first kappa shape index (κ1) is 15.1. The second kappa shape index (κ2) is 6.10. The van der Waals surface area contributed by atoms with Crippen LogP contribution in [0.3, 0.4) is 0 Å². The van der Waals surface area contributed by atoms with Gasteiger partial charge in [-0.3, -0.25) is 4.90 Å². The molecule has 1 saturated carbocycles.